The van der Waals surface area contributed by atoms with Gasteiger partial charge in [0.25, 0.3) is 0 Å². The van der Waals surface area contributed by atoms with Gasteiger partial charge in [0, 0.05) is 16.8 Å². The number of hydrogen-bond donors (Lipinski definition) is 0. The Hall–Kier alpha value is -0.204. The first-order valence-electron chi connectivity index (χ1n) is 0.474. The maximum Gasteiger partial charge on any atom is 0 e. The molecule has 0 saturated carbocycles. The molecule has 0 bridgehead atoms. The third kappa shape index (κ3) is 27.5. The first-order chi connectivity index (χ1) is 1.41. The molecule has 0 fully saturated rings. The summed E-state index contributed by atoms with van der Waals surface area (Å²) in [7, 11) is 0. The largest absolute Gasteiger partial charge is 0.494 e. The van der Waals surface area contributed by atoms with E-state index >= 15 is 0 Å². The standard InChI is InChI=1S/CHN2.Co/c2-1-3;/h2H;/q-1;. The van der Waals surface area contributed by atoms with Crippen LogP contribution in [0.1, 0.15) is 0 Å². The predicted molar refractivity (Wildman–Crippen MR) is 9.93 cm³/mol. The minimum Gasteiger partial charge on any atom is -0.494 e. The molecule has 0 aromatic heterocycles. The molecule has 0 heterocycles. The molecule has 0 aliphatic rings. The Morgan fingerprint density at radius 1 is 1.75 bits per heavy atom. The Morgan fingerprint density at radius 3 is 1.75 bits per heavy atom. The van der Waals surface area contributed by atoms with Crippen molar-refractivity contribution in [3.63, 3.8) is 0 Å². The van der Waals surface area contributed by atoms with E-state index in [1.165, 1.54) is 0 Å². The van der Waals surface area contributed by atoms with Crippen LogP contribution in [-0.4, -0.2) is 0 Å². The fourth-order valence-corrected chi connectivity index (χ4v) is 0. The number of nitrogens with one attached hydrogen (secondary N) is 1. The summed E-state index contributed by atoms with van der Waals surface area (Å²) in [5, 5.41) is 6.99. The summed E-state index contributed by atoms with van der Waals surface area (Å²) < 4.78 is 0. The van der Waals surface area contributed by atoms with Crippen LogP contribution in [0.4, 0.5) is 0 Å². The van der Waals surface area contributed by atoms with E-state index in [-0.39, 0.29) is 16.8 Å². The van der Waals surface area contributed by atoms with Crippen molar-refractivity contribution in [2.75, 3.05) is 0 Å². The van der Waals surface area contributed by atoms with Gasteiger partial charge in [0.05, 0.1) is 0 Å². The van der Waals surface area contributed by atoms with Gasteiger partial charge in [-0.15, -0.1) is 0 Å². The van der Waals surface area contributed by atoms with Gasteiger partial charge in [0.15, 0.2) is 0 Å². The second-order valence-corrected chi connectivity index (χ2v) is 0.112. The van der Waals surface area contributed by atoms with Crippen LogP contribution in [0.25, 0.3) is 5.73 Å². The van der Waals surface area contributed by atoms with E-state index in [0.717, 1.165) is 6.19 Å². The summed E-state index contributed by atoms with van der Waals surface area (Å²) >= 11 is 0. The van der Waals surface area contributed by atoms with Crippen molar-refractivity contribution >= 4 is 0 Å². The molecule has 0 aromatic carbocycles. The molecule has 0 aliphatic heterocycles. The van der Waals surface area contributed by atoms with Crippen molar-refractivity contribution in [1.82, 2.24) is 0 Å². The molecule has 0 rings (SSSR count). The summed E-state index contributed by atoms with van der Waals surface area (Å²) in [6.07, 6.45) is 1.00. The predicted octanol–water partition coefficient (Wildman–Crippen LogP) is 0.517. The minimum absolute atomic E-state index is 0. The molecule has 4 heavy (non-hydrogen) atoms. The second-order valence-electron chi connectivity index (χ2n) is 0.112. The van der Waals surface area contributed by atoms with Crippen molar-refractivity contribution in [2.24, 2.45) is 0 Å². The van der Waals surface area contributed by atoms with Crippen LogP contribution in [0, 0.1) is 11.5 Å². The summed E-state index contributed by atoms with van der Waals surface area (Å²) in [6, 6.07) is 0. The van der Waals surface area contributed by atoms with Gasteiger partial charge < -0.3 is 11.0 Å². The van der Waals surface area contributed by atoms with Gasteiger partial charge in [-0.1, -0.05) is 6.19 Å². The smallest absolute Gasteiger partial charge is 0 e. The molecule has 0 aromatic rings. The van der Waals surface area contributed by atoms with Gasteiger partial charge in [-0.05, 0) is 0 Å². The van der Waals surface area contributed by atoms with E-state index < -0.39 is 0 Å². The molecule has 0 atom stereocenters. The molecular weight excluding hydrogens is 99.0 g/mol. The Balaban J connectivity index is 0. The van der Waals surface area contributed by atoms with Crippen molar-refractivity contribution in [3.05, 3.63) is 5.73 Å². The summed E-state index contributed by atoms with van der Waals surface area (Å²) in [5.74, 6) is 0. The van der Waals surface area contributed by atoms with Crippen LogP contribution in [0.15, 0.2) is 0 Å². The van der Waals surface area contributed by atoms with Crippen LogP contribution in [0.3, 0.4) is 0 Å². The van der Waals surface area contributed by atoms with E-state index in [1.54, 1.807) is 0 Å². The Bertz CT molecular complexity index is 27.5. The van der Waals surface area contributed by atoms with Crippen LogP contribution in [-0.2, 0) is 16.8 Å². The first-order valence-corrected chi connectivity index (χ1v) is 0.474. The Labute approximate surface area is 34.8 Å². The van der Waals surface area contributed by atoms with E-state index in [0.29, 0.717) is 0 Å². The van der Waals surface area contributed by atoms with Gasteiger partial charge in [-0.3, -0.25) is 0 Å². The number of hydrogen-bond acceptors (Lipinski definition) is 1. The van der Waals surface area contributed by atoms with Crippen LogP contribution >= 0.6 is 0 Å². The average Bonchev–Trinajstić information content (AvgIpc) is 0.918. The zero-order valence-electron chi connectivity index (χ0n) is 1.78. The maximum atomic E-state index is 6.99. The molecular formula is CHCoN2-. The topological polar surface area (TPSA) is 47.6 Å². The monoisotopic (exact) mass is 99.9 g/mol. The molecule has 0 unspecified atom stereocenters. The van der Waals surface area contributed by atoms with Gasteiger partial charge in [0.1, 0.15) is 0 Å². The molecule has 1 radical (unpaired) electrons. The number of nitriles is 1. The molecule has 0 spiro atoms. The summed E-state index contributed by atoms with van der Waals surface area (Å²) in [6.45, 7) is 0. The van der Waals surface area contributed by atoms with Crippen LogP contribution in [0.5, 0.6) is 0 Å². The van der Waals surface area contributed by atoms with Crippen molar-refractivity contribution in [2.45, 2.75) is 0 Å². The number of nitrogens with zero attached hydrogens (tertiary/aromatic N) is 1. The van der Waals surface area contributed by atoms with Gasteiger partial charge in [-0.2, -0.15) is 0 Å². The Kier molecular flexibility index (Phi) is 32.7. The minimum atomic E-state index is 0. The fraction of sp³-hybridized carbons (Fsp3) is 0. The van der Waals surface area contributed by atoms with E-state index in [4.69, 9.17) is 11.0 Å². The van der Waals surface area contributed by atoms with Gasteiger partial charge in [0.2, 0.25) is 0 Å². The molecule has 0 amide bonds. The third-order valence-electron chi connectivity index (χ3n) is 0. The molecule has 25 valence electrons. The molecule has 1 N–H and O–H groups in total. The first kappa shape index (κ1) is 9.20. The molecule has 0 aliphatic carbocycles. The zero-order valence-corrected chi connectivity index (χ0v) is 2.82. The average molecular weight is 100.0 g/mol. The van der Waals surface area contributed by atoms with Gasteiger partial charge >= 0.3 is 0 Å². The zero-order chi connectivity index (χ0) is 2.71. The quantitative estimate of drug-likeness (QED) is 0.409. The van der Waals surface area contributed by atoms with E-state index in [1.807, 2.05) is 0 Å². The molecule has 0 saturated heterocycles. The maximum absolute atomic E-state index is 6.99. The normalized spacial score (nSPS) is 1.75. The van der Waals surface area contributed by atoms with Crippen LogP contribution in [0.2, 0.25) is 0 Å². The summed E-state index contributed by atoms with van der Waals surface area (Å²) in [4.78, 5) is 0. The van der Waals surface area contributed by atoms with Crippen molar-refractivity contribution in [1.29, 1.82) is 5.26 Å². The van der Waals surface area contributed by atoms with Crippen molar-refractivity contribution in [3.8, 4) is 6.19 Å². The fourth-order valence-electron chi connectivity index (χ4n) is 0. The third-order valence-corrected chi connectivity index (χ3v) is 0. The molecule has 3 heteroatoms. The van der Waals surface area contributed by atoms with E-state index in [2.05, 4.69) is 0 Å². The van der Waals surface area contributed by atoms with Crippen LogP contribution < -0.4 is 0 Å². The SMILES string of the molecule is N#C[NH-].[Co]. The molecule has 2 nitrogen and oxygen atoms in total. The summed E-state index contributed by atoms with van der Waals surface area (Å²) in [5.41, 5.74) is 5.51. The second kappa shape index (κ2) is 14.2. The number of rotatable bonds is 0. The Morgan fingerprint density at radius 2 is 1.75 bits per heavy atom. The van der Waals surface area contributed by atoms with Gasteiger partial charge in [-0.25, -0.2) is 0 Å². The van der Waals surface area contributed by atoms with E-state index in [9.17, 15) is 0 Å². The van der Waals surface area contributed by atoms with Crippen molar-refractivity contribution < 1.29 is 16.8 Å².